The smallest absolute Gasteiger partial charge is 0.253 e. The van der Waals surface area contributed by atoms with Gasteiger partial charge >= 0.3 is 0 Å². The Labute approximate surface area is 149 Å². The molecule has 2 fully saturated rings. The van der Waals surface area contributed by atoms with Crippen LogP contribution in [-0.4, -0.2) is 67.3 Å². The second-order valence-electron chi connectivity index (χ2n) is 6.11. The van der Waals surface area contributed by atoms with Gasteiger partial charge in [0.05, 0.1) is 0 Å². The molecule has 2 aliphatic heterocycles. The predicted molar refractivity (Wildman–Crippen MR) is 99.7 cm³/mol. The van der Waals surface area contributed by atoms with Crippen LogP contribution in [0.2, 0.25) is 0 Å². The zero-order valence-corrected chi connectivity index (χ0v) is 15.3. The quantitative estimate of drug-likeness (QED) is 0.897. The zero-order valence-electron chi connectivity index (χ0n) is 13.7. The molecule has 128 valence electrons. The van der Waals surface area contributed by atoms with Crippen LogP contribution in [0.25, 0.3) is 0 Å². The van der Waals surface area contributed by atoms with Gasteiger partial charge in [0.2, 0.25) is 0 Å². The lowest BCUT2D eigenvalue weighted by Crippen LogP contribution is -2.49. The van der Waals surface area contributed by atoms with Gasteiger partial charge in [-0.05, 0) is 30.4 Å². The maximum atomic E-state index is 12.6. The number of nitrogens with one attached hydrogen (secondary N) is 1. The van der Waals surface area contributed by atoms with Crippen LogP contribution < -0.4 is 5.32 Å². The molecule has 3 rings (SSSR count). The number of rotatable bonds is 4. The van der Waals surface area contributed by atoms with Crippen molar-refractivity contribution in [1.82, 2.24) is 15.1 Å². The summed E-state index contributed by atoms with van der Waals surface area (Å²) in [4.78, 5) is 17.2. The van der Waals surface area contributed by atoms with Crippen LogP contribution >= 0.6 is 24.2 Å². The largest absolute Gasteiger partial charge is 0.337 e. The average molecular weight is 356 g/mol. The Kier molecular flexibility index (Phi) is 7.21. The van der Waals surface area contributed by atoms with Gasteiger partial charge in [0, 0.05) is 56.6 Å². The molecule has 2 heterocycles. The average Bonchev–Trinajstić information content (AvgIpc) is 3.06. The Hall–Kier alpha value is -0.750. The van der Waals surface area contributed by atoms with E-state index in [4.69, 9.17) is 0 Å². The molecule has 0 bridgehead atoms. The fourth-order valence-electron chi connectivity index (χ4n) is 3.36. The molecule has 1 atom stereocenters. The summed E-state index contributed by atoms with van der Waals surface area (Å²) < 4.78 is 0. The molecular formula is C17H26ClN3OS. The molecule has 1 N–H and O–H groups in total. The monoisotopic (exact) mass is 355 g/mol. The first-order chi connectivity index (χ1) is 10.8. The van der Waals surface area contributed by atoms with E-state index in [9.17, 15) is 4.79 Å². The fraction of sp³-hybridized carbons (Fsp3) is 0.588. The number of hydrogen-bond donors (Lipinski definition) is 1. The van der Waals surface area contributed by atoms with Crippen molar-refractivity contribution >= 4 is 30.1 Å². The number of amides is 1. The lowest BCUT2D eigenvalue weighted by Gasteiger charge is -2.32. The van der Waals surface area contributed by atoms with Gasteiger partial charge in [-0.3, -0.25) is 9.69 Å². The molecule has 0 saturated carbocycles. The molecule has 4 nitrogen and oxygen atoms in total. The van der Waals surface area contributed by atoms with Crippen LogP contribution in [0.4, 0.5) is 0 Å². The van der Waals surface area contributed by atoms with Crippen molar-refractivity contribution < 1.29 is 4.79 Å². The first-order valence-electron chi connectivity index (χ1n) is 8.10. The van der Waals surface area contributed by atoms with E-state index < -0.39 is 0 Å². The summed E-state index contributed by atoms with van der Waals surface area (Å²) in [6.45, 7) is 6.13. The van der Waals surface area contributed by atoms with Gasteiger partial charge in [0.1, 0.15) is 0 Å². The molecule has 1 amide bonds. The number of carbonyl (C=O) groups excluding carboxylic acids is 1. The SMILES string of the molecule is CSCc1ccc(C(=O)N2CCC(N3CCNCC3)C2)cc1.Cl. The minimum Gasteiger partial charge on any atom is -0.337 e. The molecule has 6 heteroatoms. The topological polar surface area (TPSA) is 35.6 Å². The lowest BCUT2D eigenvalue weighted by molar-refractivity contribution is 0.0773. The standard InChI is InChI=1S/C17H25N3OS.ClH/c1-22-13-14-2-4-15(5-3-14)17(21)20-9-6-16(12-20)19-10-7-18-8-11-19;/h2-5,16,18H,6-13H2,1H3;1H. The summed E-state index contributed by atoms with van der Waals surface area (Å²) in [5, 5.41) is 3.39. The number of benzene rings is 1. The Morgan fingerprint density at radius 3 is 2.57 bits per heavy atom. The molecule has 2 aliphatic rings. The highest BCUT2D eigenvalue weighted by molar-refractivity contribution is 7.97. The molecule has 2 saturated heterocycles. The van der Waals surface area contributed by atoms with E-state index in [1.807, 2.05) is 17.0 Å². The molecule has 0 aliphatic carbocycles. The first-order valence-corrected chi connectivity index (χ1v) is 9.49. The van der Waals surface area contributed by atoms with Crippen LogP contribution in [0.3, 0.4) is 0 Å². The third kappa shape index (κ3) is 4.63. The van der Waals surface area contributed by atoms with Gasteiger partial charge in [0.15, 0.2) is 0 Å². The Morgan fingerprint density at radius 1 is 1.22 bits per heavy atom. The van der Waals surface area contributed by atoms with Crippen molar-refractivity contribution in [2.24, 2.45) is 0 Å². The van der Waals surface area contributed by atoms with Gasteiger partial charge in [0.25, 0.3) is 5.91 Å². The molecule has 1 aromatic rings. The first kappa shape index (κ1) is 18.6. The summed E-state index contributed by atoms with van der Waals surface area (Å²) in [5.41, 5.74) is 2.11. The van der Waals surface area contributed by atoms with Gasteiger partial charge in [-0.25, -0.2) is 0 Å². The van der Waals surface area contributed by atoms with Crippen LogP contribution in [0.1, 0.15) is 22.3 Å². The number of piperazine rings is 1. The fourth-order valence-corrected chi connectivity index (χ4v) is 3.89. The Balaban J connectivity index is 0.00000192. The minimum absolute atomic E-state index is 0. The van der Waals surface area contributed by atoms with Crippen molar-refractivity contribution in [2.45, 2.75) is 18.2 Å². The highest BCUT2D eigenvalue weighted by Crippen LogP contribution is 2.19. The van der Waals surface area contributed by atoms with Crippen LogP contribution in [0.5, 0.6) is 0 Å². The summed E-state index contributed by atoms with van der Waals surface area (Å²) in [7, 11) is 0. The van der Waals surface area contributed by atoms with Crippen LogP contribution in [0, 0.1) is 0 Å². The van der Waals surface area contributed by atoms with E-state index in [-0.39, 0.29) is 18.3 Å². The van der Waals surface area contributed by atoms with E-state index in [2.05, 4.69) is 28.6 Å². The Bertz CT molecular complexity index is 505. The van der Waals surface area contributed by atoms with Crippen LogP contribution in [0.15, 0.2) is 24.3 Å². The van der Waals surface area contributed by atoms with Crippen molar-refractivity contribution in [2.75, 3.05) is 45.5 Å². The van der Waals surface area contributed by atoms with Crippen molar-refractivity contribution in [3.8, 4) is 0 Å². The summed E-state index contributed by atoms with van der Waals surface area (Å²) in [5.74, 6) is 1.19. The zero-order chi connectivity index (χ0) is 15.4. The van der Waals surface area contributed by atoms with Gasteiger partial charge in [-0.2, -0.15) is 11.8 Å². The second kappa shape index (κ2) is 8.92. The van der Waals surface area contributed by atoms with Crippen molar-refractivity contribution in [3.63, 3.8) is 0 Å². The molecule has 0 spiro atoms. The van der Waals surface area contributed by atoms with E-state index in [1.165, 1.54) is 5.56 Å². The van der Waals surface area contributed by atoms with Gasteiger partial charge < -0.3 is 10.2 Å². The maximum Gasteiger partial charge on any atom is 0.253 e. The molecule has 0 aromatic heterocycles. The van der Waals surface area contributed by atoms with Crippen molar-refractivity contribution in [3.05, 3.63) is 35.4 Å². The lowest BCUT2D eigenvalue weighted by atomic mass is 10.1. The highest BCUT2D eigenvalue weighted by Gasteiger charge is 2.31. The summed E-state index contributed by atoms with van der Waals surface area (Å²) in [6.07, 6.45) is 3.20. The Morgan fingerprint density at radius 2 is 1.91 bits per heavy atom. The molecule has 23 heavy (non-hydrogen) atoms. The molecular weight excluding hydrogens is 330 g/mol. The summed E-state index contributed by atoms with van der Waals surface area (Å²) in [6, 6.07) is 8.65. The van der Waals surface area contributed by atoms with E-state index >= 15 is 0 Å². The van der Waals surface area contributed by atoms with Gasteiger partial charge in [-0.15, -0.1) is 12.4 Å². The van der Waals surface area contributed by atoms with Crippen molar-refractivity contribution in [1.29, 1.82) is 0 Å². The third-order valence-corrected chi connectivity index (χ3v) is 5.25. The second-order valence-corrected chi connectivity index (χ2v) is 6.98. The van der Waals surface area contributed by atoms with E-state index in [1.54, 1.807) is 11.8 Å². The molecule has 0 radical (unpaired) electrons. The van der Waals surface area contributed by atoms with Gasteiger partial charge in [-0.1, -0.05) is 12.1 Å². The summed E-state index contributed by atoms with van der Waals surface area (Å²) >= 11 is 1.80. The number of halogens is 1. The number of hydrogen-bond acceptors (Lipinski definition) is 4. The van der Waals surface area contributed by atoms with Crippen LogP contribution in [-0.2, 0) is 5.75 Å². The number of carbonyl (C=O) groups is 1. The maximum absolute atomic E-state index is 12.6. The predicted octanol–water partition coefficient (Wildman–Crippen LogP) is 2.09. The molecule has 1 unspecified atom stereocenters. The normalized spacial score (nSPS) is 22.0. The van der Waals surface area contributed by atoms with E-state index in [0.717, 1.165) is 57.0 Å². The minimum atomic E-state index is 0. The number of nitrogens with zero attached hydrogens (tertiary/aromatic N) is 2. The highest BCUT2D eigenvalue weighted by atomic mass is 35.5. The molecule has 1 aromatic carbocycles. The third-order valence-electron chi connectivity index (χ3n) is 4.63. The number of thioether (sulfide) groups is 1. The number of likely N-dealkylation sites (tertiary alicyclic amines) is 1. The van der Waals surface area contributed by atoms with E-state index in [0.29, 0.717) is 6.04 Å².